The molecule has 1 unspecified atom stereocenters. The molecule has 15 heavy (non-hydrogen) atoms. The van der Waals surface area contributed by atoms with Gasteiger partial charge in [-0.2, -0.15) is 0 Å². The fourth-order valence-corrected chi connectivity index (χ4v) is 1.68. The smallest absolute Gasteiger partial charge is 0.331 e. The van der Waals surface area contributed by atoms with Crippen molar-refractivity contribution >= 4 is 11.9 Å². The molecule has 0 heterocycles. The van der Waals surface area contributed by atoms with E-state index in [0.717, 1.165) is 0 Å². The molecular formula is C11H14O4. The largest absolute Gasteiger partial charge is 0.481 e. The first-order valence-electron chi connectivity index (χ1n) is 4.78. The number of hydrogen-bond acceptors (Lipinski definition) is 2. The Bertz CT molecular complexity index is 365. The lowest BCUT2D eigenvalue weighted by atomic mass is 9.74. The Morgan fingerprint density at radius 1 is 1.47 bits per heavy atom. The van der Waals surface area contributed by atoms with Crippen molar-refractivity contribution in [1.82, 2.24) is 0 Å². The van der Waals surface area contributed by atoms with Gasteiger partial charge in [0.25, 0.3) is 0 Å². The van der Waals surface area contributed by atoms with Crippen LogP contribution in [0.15, 0.2) is 23.3 Å². The normalized spacial score (nSPS) is 25.5. The van der Waals surface area contributed by atoms with E-state index in [-0.39, 0.29) is 12.0 Å². The molecule has 1 atom stereocenters. The highest BCUT2D eigenvalue weighted by Crippen LogP contribution is 2.37. The van der Waals surface area contributed by atoms with Gasteiger partial charge in [-0.1, -0.05) is 19.1 Å². The average molecular weight is 210 g/mol. The number of aliphatic carboxylic acids is 2. The van der Waals surface area contributed by atoms with Crippen molar-refractivity contribution in [1.29, 1.82) is 0 Å². The van der Waals surface area contributed by atoms with E-state index in [0.29, 0.717) is 12.0 Å². The second-order valence-electron chi connectivity index (χ2n) is 3.79. The van der Waals surface area contributed by atoms with Crippen LogP contribution in [0.3, 0.4) is 0 Å². The van der Waals surface area contributed by atoms with Gasteiger partial charge in [-0.05, 0) is 25.3 Å². The van der Waals surface area contributed by atoms with Crippen LogP contribution in [-0.4, -0.2) is 22.2 Å². The van der Waals surface area contributed by atoms with Gasteiger partial charge in [-0.3, -0.25) is 4.79 Å². The fourth-order valence-electron chi connectivity index (χ4n) is 1.68. The average Bonchev–Trinajstić information content (AvgIpc) is 2.18. The third-order valence-electron chi connectivity index (χ3n) is 2.94. The maximum Gasteiger partial charge on any atom is 0.331 e. The Kier molecular flexibility index (Phi) is 2.98. The van der Waals surface area contributed by atoms with Gasteiger partial charge in [0, 0.05) is 5.57 Å². The molecule has 4 nitrogen and oxygen atoms in total. The lowest BCUT2D eigenvalue weighted by molar-refractivity contribution is -0.146. The SMILES string of the molecule is CCC1(C(=O)O)C=CC(C)=C(C(=O)O)C1. The molecule has 0 aromatic carbocycles. The first kappa shape index (κ1) is 11.5. The van der Waals surface area contributed by atoms with E-state index in [1.54, 1.807) is 26.0 Å². The van der Waals surface area contributed by atoms with Crippen LogP contribution < -0.4 is 0 Å². The number of hydrogen-bond donors (Lipinski definition) is 2. The predicted molar refractivity (Wildman–Crippen MR) is 54.5 cm³/mol. The summed E-state index contributed by atoms with van der Waals surface area (Å²) < 4.78 is 0. The molecular weight excluding hydrogens is 196 g/mol. The van der Waals surface area contributed by atoms with Crippen molar-refractivity contribution in [3.8, 4) is 0 Å². The highest BCUT2D eigenvalue weighted by Gasteiger charge is 2.38. The van der Waals surface area contributed by atoms with Gasteiger partial charge < -0.3 is 10.2 Å². The Labute approximate surface area is 87.9 Å². The second kappa shape index (κ2) is 3.88. The quantitative estimate of drug-likeness (QED) is 0.745. The fraction of sp³-hybridized carbons (Fsp3) is 0.455. The molecule has 4 heteroatoms. The molecule has 0 aromatic rings. The molecule has 0 bridgehead atoms. The predicted octanol–water partition coefficient (Wildman–Crippen LogP) is 1.83. The minimum atomic E-state index is -1.05. The third kappa shape index (κ3) is 1.93. The van der Waals surface area contributed by atoms with Crippen molar-refractivity contribution in [2.24, 2.45) is 5.41 Å². The van der Waals surface area contributed by atoms with E-state index in [2.05, 4.69) is 0 Å². The molecule has 1 rings (SSSR count). The Balaban J connectivity index is 3.12. The number of carboxylic acid groups (broad SMARTS) is 2. The number of rotatable bonds is 3. The molecule has 0 aromatic heterocycles. The van der Waals surface area contributed by atoms with Crippen molar-refractivity contribution in [3.05, 3.63) is 23.3 Å². The summed E-state index contributed by atoms with van der Waals surface area (Å²) in [5.41, 5.74) is -0.220. The van der Waals surface area contributed by atoms with Crippen molar-refractivity contribution in [3.63, 3.8) is 0 Å². The first-order valence-corrected chi connectivity index (χ1v) is 4.78. The Hall–Kier alpha value is -1.58. The maximum atomic E-state index is 11.1. The number of carbonyl (C=O) groups is 2. The molecule has 1 aliphatic carbocycles. The van der Waals surface area contributed by atoms with Crippen LogP contribution in [0.1, 0.15) is 26.7 Å². The van der Waals surface area contributed by atoms with Crippen LogP contribution >= 0.6 is 0 Å². The topological polar surface area (TPSA) is 74.6 Å². The number of allylic oxidation sites excluding steroid dienone is 2. The van der Waals surface area contributed by atoms with Crippen LogP contribution in [0, 0.1) is 5.41 Å². The lowest BCUT2D eigenvalue weighted by Crippen LogP contribution is -2.32. The van der Waals surface area contributed by atoms with Crippen molar-refractivity contribution in [2.75, 3.05) is 0 Å². The Morgan fingerprint density at radius 2 is 2.07 bits per heavy atom. The summed E-state index contributed by atoms with van der Waals surface area (Å²) >= 11 is 0. The summed E-state index contributed by atoms with van der Waals surface area (Å²) in [4.78, 5) is 22.0. The minimum Gasteiger partial charge on any atom is -0.481 e. The van der Waals surface area contributed by atoms with Gasteiger partial charge in [-0.15, -0.1) is 0 Å². The van der Waals surface area contributed by atoms with E-state index in [4.69, 9.17) is 10.2 Å². The van der Waals surface area contributed by atoms with Crippen molar-refractivity contribution in [2.45, 2.75) is 26.7 Å². The standard InChI is InChI=1S/C11H14O4/c1-3-11(10(14)15)5-4-7(2)8(6-11)9(12)13/h4-5H,3,6H2,1-2H3,(H,12,13)(H,14,15). The van der Waals surface area contributed by atoms with Gasteiger partial charge in [-0.25, -0.2) is 4.79 Å². The number of carboxylic acids is 2. The van der Waals surface area contributed by atoms with Gasteiger partial charge in [0.2, 0.25) is 0 Å². The zero-order valence-corrected chi connectivity index (χ0v) is 8.78. The van der Waals surface area contributed by atoms with E-state index < -0.39 is 17.4 Å². The summed E-state index contributed by atoms with van der Waals surface area (Å²) in [7, 11) is 0. The van der Waals surface area contributed by atoms with Crippen LogP contribution in [0.5, 0.6) is 0 Å². The summed E-state index contributed by atoms with van der Waals surface area (Å²) in [5, 5.41) is 18.0. The van der Waals surface area contributed by atoms with Gasteiger partial charge in [0.15, 0.2) is 0 Å². The summed E-state index contributed by atoms with van der Waals surface area (Å²) in [6, 6.07) is 0. The molecule has 2 N–H and O–H groups in total. The Morgan fingerprint density at radius 3 is 2.47 bits per heavy atom. The summed E-state index contributed by atoms with van der Waals surface area (Å²) in [6.07, 6.45) is 3.64. The molecule has 0 fully saturated rings. The van der Waals surface area contributed by atoms with E-state index in [1.165, 1.54) is 0 Å². The van der Waals surface area contributed by atoms with Gasteiger partial charge in [0.05, 0.1) is 5.41 Å². The molecule has 0 radical (unpaired) electrons. The van der Waals surface area contributed by atoms with Gasteiger partial charge in [0.1, 0.15) is 0 Å². The second-order valence-corrected chi connectivity index (χ2v) is 3.79. The lowest BCUT2D eigenvalue weighted by Gasteiger charge is -2.28. The zero-order valence-electron chi connectivity index (χ0n) is 8.78. The molecule has 0 saturated carbocycles. The first-order chi connectivity index (χ1) is 6.93. The highest BCUT2D eigenvalue weighted by molar-refractivity contribution is 5.91. The summed E-state index contributed by atoms with van der Waals surface area (Å²) in [6.45, 7) is 3.43. The van der Waals surface area contributed by atoms with Crippen LogP contribution in [0.4, 0.5) is 0 Å². The molecule has 0 spiro atoms. The highest BCUT2D eigenvalue weighted by atomic mass is 16.4. The molecule has 0 aliphatic heterocycles. The molecule has 82 valence electrons. The molecule has 0 amide bonds. The van der Waals surface area contributed by atoms with Crippen LogP contribution in [-0.2, 0) is 9.59 Å². The zero-order chi connectivity index (χ0) is 11.6. The minimum absolute atomic E-state index is 0.0660. The molecule has 1 aliphatic rings. The van der Waals surface area contributed by atoms with Crippen molar-refractivity contribution < 1.29 is 19.8 Å². The molecule has 0 saturated heterocycles. The van der Waals surface area contributed by atoms with E-state index in [9.17, 15) is 9.59 Å². The van der Waals surface area contributed by atoms with Crippen LogP contribution in [0.2, 0.25) is 0 Å². The van der Waals surface area contributed by atoms with E-state index in [1.807, 2.05) is 0 Å². The van der Waals surface area contributed by atoms with Crippen LogP contribution in [0.25, 0.3) is 0 Å². The maximum absolute atomic E-state index is 11.1. The van der Waals surface area contributed by atoms with Gasteiger partial charge >= 0.3 is 11.9 Å². The van der Waals surface area contributed by atoms with E-state index >= 15 is 0 Å². The third-order valence-corrected chi connectivity index (χ3v) is 2.94. The summed E-state index contributed by atoms with van der Waals surface area (Å²) in [5.74, 6) is -2.00. The monoisotopic (exact) mass is 210 g/mol.